The number of hydrogen-bond acceptors (Lipinski definition) is 2. The van der Waals surface area contributed by atoms with Gasteiger partial charge in [-0.3, -0.25) is 0 Å². The quantitative estimate of drug-likeness (QED) is 0.827. The van der Waals surface area contributed by atoms with Crippen LogP contribution < -0.4 is 5.73 Å². The molecule has 0 aliphatic rings. The predicted molar refractivity (Wildman–Crippen MR) is 61.5 cm³/mol. The molecule has 3 heteroatoms. The number of benzene rings is 1. The number of halogens is 1. The van der Waals surface area contributed by atoms with Gasteiger partial charge in [0.25, 0.3) is 0 Å². The van der Waals surface area contributed by atoms with E-state index in [9.17, 15) is 4.39 Å². The van der Waals surface area contributed by atoms with Gasteiger partial charge in [-0.1, -0.05) is 12.1 Å². The molecule has 78 valence electrons. The van der Waals surface area contributed by atoms with Crippen LogP contribution in [0.15, 0.2) is 35.0 Å². The van der Waals surface area contributed by atoms with Crippen LogP contribution in [0.2, 0.25) is 0 Å². The molecule has 0 aliphatic heterocycles. The smallest absolute Gasteiger partial charge is 0.128 e. The summed E-state index contributed by atoms with van der Waals surface area (Å²) < 4.78 is 13.6. The molecule has 0 amide bonds. The Morgan fingerprint density at radius 1 is 1.33 bits per heavy atom. The van der Waals surface area contributed by atoms with Crippen LogP contribution in [0.25, 0.3) is 0 Å². The van der Waals surface area contributed by atoms with Crippen LogP contribution in [0.3, 0.4) is 0 Å². The molecule has 2 N–H and O–H groups in total. The van der Waals surface area contributed by atoms with Crippen LogP contribution >= 0.6 is 11.3 Å². The van der Waals surface area contributed by atoms with E-state index < -0.39 is 0 Å². The highest BCUT2D eigenvalue weighted by molar-refractivity contribution is 7.08. The Morgan fingerprint density at radius 3 is 2.73 bits per heavy atom. The van der Waals surface area contributed by atoms with Crippen LogP contribution in [-0.4, -0.2) is 0 Å². The van der Waals surface area contributed by atoms with Crippen molar-refractivity contribution in [3.63, 3.8) is 0 Å². The number of aryl methyl sites for hydroxylation is 1. The molecular weight excluding hydrogens is 209 g/mol. The van der Waals surface area contributed by atoms with Crippen molar-refractivity contribution in [3.8, 4) is 0 Å². The maximum absolute atomic E-state index is 13.6. The monoisotopic (exact) mass is 221 g/mol. The first-order valence-corrected chi connectivity index (χ1v) is 5.66. The highest BCUT2D eigenvalue weighted by atomic mass is 32.1. The normalized spacial score (nSPS) is 12.7. The van der Waals surface area contributed by atoms with Crippen LogP contribution in [0.1, 0.15) is 22.7 Å². The number of rotatable bonds is 2. The van der Waals surface area contributed by atoms with Gasteiger partial charge in [0.1, 0.15) is 5.82 Å². The summed E-state index contributed by atoms with van der Waals surface area (Å²) in [6, 6.07) is 6.71. The fraction of sp³-hybridized carbons (Fsp3) is 0.167. The van der Waals surface area contributed by atoms with Gasteiger partial charge >= 0.3 is 0 Å². The summed E-state index contributed by atoms with van der Waals surface area (Å²) >= 11 is 1.57. The minimum atomic E-state index is -0.364. The van der Waals surface area contributed by atoms with Crippen LogP contribution in [0.5, 0.6) is 0 Å². The Morgan fingerprint density at radius 2 is 2.13 bits per heavy atom. The standard InChI is InChI=1S/C12H12FNS/c1-8-2-3-10(11(13)6-8)12(14)9-4-5-15-7-9/h2-7,12H,14H2,1H3/t12-/m1/s1. The second-order valence-electron chi connectivity index (χ2n) is 3.56. The second kappa shape index (κ2) is 4.13. The molecule has 2 aromatic rings. The first-order valence-electron chi connectivity index (χ1n) is 4.72. The molecule has 1 heterocycles. The van der Waals surface area contributed by atoms with Crippen LogP contribution in [-0.2, 0) is 0 Å². The van der Waals surface area contributed by atoms with E-state index in [4.69, 9.17) is 5.73 Å². The summed E-state index contributed by atoms with van der Waals surface area (Å²) in [5.41, 5.74) is 8.40. The van der Waals surface area contributed by atoms with E-state index in [0.29, 0.717) is 5.56 Å². The van der Waals surface area contributed by atoms with Crippen molar-refractivity contribution in [3.05, 3.63) is 57.5 Å². The maximum atomic E-state index is 13.6. The lowest BCUT2D eigenvalue weighted by molar-refractivity contribution is 0.599. The molecule has 1 atom stereocenters. The maximum Gasteiger partial charge on any atom is 0.128 e. The summed E-state index contributed by atoms with van der Waals surface area (Å²) in [6.45, 7) is 1.86. The van der Waals surface area contributed by atoms with Crippen LogP contribution in [0.4, 0.5) is 4.39 Å². The van der Waals surface area contributed by atoms with Gasteiger partial charge in [-0.25, -0.2) is 4.39 Å². The third kappa shape index (κ3) is 2.08. The van der Waals surface area contributed by atoms with Crippen LogP contribution in [0, 0.1) is 12.7 Å². The van der Waals surface area contributed by atoms with E-state index in [0.717, 1.165) is 11.1 Å². The minimum Gasteiger partial charge on any atom is -0.320 e. The van der Waals surface area contributed by atoms with Gasteiger partial charge in [-0.2, -0.15) is 11.3 Å². The van der Waals surface area contributed by atoms with E-state index in [1.54, 1.807) is 17.4 Å². The Balaban J connectivity index is 2.38. The Hall–Kier alpha value is -1.19. The van der Waals surface area contributed by atoms with Gasteiger partial charge < -0.3 is 5.73 Å². The molecule has 0 saturated heterocycles. The molecular formula is C12H12FNS. The van der Waals surface area contributed by atoms with Crippen molar-refractivity contribution in [2.45, 2.75) is 13.0 Å². The van der Waals surface area contributed by atoms with Gasteiger partial charge in [0.2, 0.25) is 0 Å². The van der Waals surface area contributed by atoms with Crippen molar-refractivity contribution in [2.75, 3.05) is 0 Å². The molecule has 0 saturated carbocycles. The average Bonchev–Trinajstić information content (AvgIpc) is 2.69. The van der Waals surface area contributed by atoms with Crippen molar-refractivity contribution in [2.24, 2.45) is 5.73 Å². The number of hydrogen-bond donors (Lipinski definition) is 1. The molecule has 0 radical (unpaired) electrons. The first kappa shape index (κ1) is 10.3. The van der Waals surface area contributed by atoms with E-state index in [2.05, 4.69) is 0 Å². The third-order valence-corrected chi connectivity index (χ3v) is 3.09. The second-order valence-corrected chi connectivity index (χ2v) is 4.34. The molecule has 2 rings (SSSR count). The molecule has 0 spiro atoms. The average molecular weight is 221 g/mol. The molecule has 15 heavy (non-hydrogen) atoms. The molecule has 1 nitrogen and oxygen atoms in total. The fourth-order valence-electron chi connectivity index (χ4n) is 1.52. The summed E-state index contributed by atoms with van der Waals surface area (Å²) in [5, 5.41) is 3.89. The number of nitrogens with two attached hydrogens (primary N) is 1. The first-order chi connectivity index (χ1) is 7.18. The van der Waals surface area contributed by atoms with Gasteiger partial charge in [0.15, 0.2) is 0 Å². The molecule has 1 aromatic heterocycles. The zero-order valence-electron chi connectivity index (χ0n) is 8.41. The zero-order valence-corrected chi connectivity index (χ0v) is 9.22. The molecule has 0 aliphatic carbocycles. The third-order valence-electron chi connectivity index (χ3n) is 2.39. The van der Waals surface area contributed by atoms with E-state index in [-0.39, 0.29) is 11.9 Å². The summed E-state index contributed by atoms with van der Waals surface area (Å²) in [7, 11) is 0. The van der Waals surface area contributed by atoms with Gasteiger partial charge in [-0.05, 0) is 40.9 Å². The van der Waals surface area contributed by atoms with Crippen molar-refractivity contribution in [1.29, 1.82) is 0 Å². The zero-order chi connectivity index (χ0) is 10.8. The predicted octanol–water partition coefficient (Wildman–Crippen LogP) is 3.24. The van der Waals surface area contributed by atoms with Crippen molar-refractivity contribution in [1.82, 2.24) is 0 Å². The summed E-state index contributed by atoms with van der Waals surface area (Å²) in [5.74, 6) is -0.228. The topological polar surface area (TPSA) is 26.0 Å². The Labute approximate surface area is 92.4 Å². The SMILES string of the molecule is Cc1ccc([C@H](N)c2ccsc2)c(F)c1. The van der Waals surface area contributed by atoms with Gasteiger partial charge in [0, 0.05) is 5.56 Å². The van der Waals surface area contributed by atoms with Crippen molar-refractivity contribution < 1.29 is 4.39 Å². The van der Waals surface area contributed by atoms with E-state index >= 15 is 0 Å². The summed E-state index contributed by atoms with van der Waals surface area (Å²) in [4.78, 5) is 0. The lowest BCUT2D eigenvalue weighted by Gasteiger charge is -2.11. The lowest BCUT2D eigenvalue weighted by atomic mass is 10.0. The highest BCUT2D eigenvalue weighted by Gasteiger charge is 2.13. The highest BCUT2D eigenvalue weighted by Crippen LogP contribution is 2.24. The minimum absolute atomic E-state index is 0.228. The molecule has 0 bridgehead atoms. The lowest BCUT2D eigenvalue weighted by Crippen LogP contribution is -2.12. The van der Waals surface area contributed by atoms with Gasteiger partial charge in [-0.15, -0.1) is 0 Å². The Kier molecular flexibility index (Phi) is 2.84. The number of thiophene rings is 1. The largest absolute Gasteiger partial charge is 0.320 e. The molecule has 0 unspecified atom stereocenters. The molecule has 0 fully saturated rings. The Bertz CT molecular complexity index is 451. The molecule has 1 aromatic carbocycles. The van der Waals surface area contributed by atoms with E-state index in [1.165, 1.54) is 6.07 Å². The summed E-state index contributed by atoms with van der Waals surface area (Å²) in [6.07, 6.45) is 0. The van der Waals surface area contributed by atoms with Gasteiger partial charge in [0.05, 0.1) is 6.04 Å². The van der Waals surface area contributed by atoms with Crippen molar-refractivity contribution >= 4 is 11.3 Å². The van der Waals surface area contributed by atoms with E-state index in [1.807, 2.05) is 29.8 Å². The fourth-order valence-corrected chi connectivity index (χ4v) is 2.21.